The topological polar surface area (TPSA) is 67.2 Å². The van der Waals surface area contributed by atoms with Crippen LogP contribution < -0.4 is 5.32 Å². The molecule has 0 bridgehead atoms. The Bertz CT molecular complexity index is 602. The molecule has 3 rings (SSSR count). The van der Waals surface area contributed by atoms with E-state index in [0.717, 1.165) is 5.69 Å². The van der Waals surface area contributed by atoms with Crippen LogP contribution in [0.15, 0.2) is 36.8 Å². The van der Waals surface area contributed by atoms with Crippen molar-refractivity contribution in [2.75, 3.05) is 5.32 Å². The maximum Gasteiger partial charge on any atom is 0.337 e. The smallest absolute Gasteiger partial charge is 0.337 e. The van der Waals surface area contributed by atoms with Crippen molar-refractivity contribution in [1.29, 1.82) is 0 Å². The van der Waals surface area contributed by atoms with Gasteiger partial charge in [0, 0.05) is 17.9 Å². The molecule has 0 aliphatic heterocycles. The zero-order valence-corrected chi connectivity index (χ0v) is 10.4. The number of carboxylic acid groups (broad SMARTS) is 1. The lowest BCUT2D eigenvalue weighted by atomic mass is 10.2. The summed E-state index contributed by atoms with van der Waals surface area (Å²) in [7, 11) is 0. The van der Waals surface area contributed by atoms with Crippen LogP contribution in [0.3, 0.4) is 0 Å². The second-order valence-corrected chi connectivity index (χ2v) is 4.73. The van der Waals surface area contributed by atoms with Crippen LogP contribution in [-0.2, 0) is 6.54 Å². The molecule has 0 unspecified atom stereocenters. The number of imidazole rings is 1. The minimum absolute atomic E-state index is 0.292. The van der Waals surface area contributed by atoms with Crippen LogP contribution in [0.1, 0.15) is 34.9 Å². The Morgan fingerprint density at radius 1 is 1.42 bits per heavy atom. The molecule has 5 heteroatoms. The summed E-state index contributed by atoms with van der Waals surface area (Å²) in [6, 6.07) is 7.51. The quantitative estimate of drug-likeness (QED) is 0.863. The molecule has 0 saturated heterocycles. The Labute approximate surface area is 110 Å². The summed E-state index contributed by atoms with van der Waals surface area (Å²) in [6.45, 7) is 0.584. The van der Waals surface area contributed by atoms with Gasteiger partial charge < -0.3 is 15.0 Å². The van der Waals surface area contributed by atoms with Crippen molar-refractivity contribution in [2.45, 2.75) is 25.4 Å². The van der Waals surface area contributed by atoms with Gasteiger partial charge in [-0.2, -0.15) is 0 Å². The van der Waals surface area contributed by atoms with Gasteiger partial charge in [0.1, 0.15) is 0 Å². The third-order valence-corrected chi connectivity index (χ3v) is 3.30. The van der Waals surface area contributed by atoms with Crippen LogP contribution in [0.25, 0.3) is 0 Å². The summed E-state index contributed by atoms with van der Waals surface area (Å²) < 4.78 is 2.16. The number of benzene rings is 1. The number of carbonyl (C=O) groups is 1. The van der Waals surface area contributed by atoms with Gasteiger partial charge in [0.15, 0.2) is 0 Å². The summed E-state index contributed by atoms with van der Waals surface area (Å²) in [5.41, 5.74) is 2.02. The van der Waals surface area contributed by atoms with Gasteiger partial charge in [-0.15, -0.1) is 0 Å². The molecule has 0 radical (unpaired) electrons. The lowest BCUT2D eigenvalue weighted by molar-refractivity contribution is 0.0698. The average Bonchev–Trinajstić information content (AvgIpc) is 3.15. The van der Waals surface area contributed by atoms with Crippen molar-refractivity contribution < 1.29 is 9.90 Å². The highest BCUT2D eigenvalue weighted by Crippen LogP contribution is 2.35. The summed E-state index contributed by atoms with van der Waals surface area (Å²) in [6.07, 6.45) is 6.08. The van der Waals surface area contributed by atoms with E-state index >= 15 is 0 Å². The van der Waals surface area contributed by atoms with Crippen LogP contribution >= 0.6 is 0 Å². The molecule has 1 fully saturated rings. The lowest BCUT2D eigenvalue weighted by Gasteiger charge is -2.11. The number of hydrogen-bond donors (Lipinski definition) is 2. The van der Waals surface area contributed by atoms with E-state index in [0.29, 0.717) is 23.8 Å². The molecular weight excluding hydrogens is 242 g/mol. The van der Waals surface area contributed by atoms with Gasteiger partial charge in [0.25, 0.3) is 0 Å². The fourth-order valence-corrected chi connectivity index (χ4v) is 2.16. The highest BCUT2D eigenvalue weighted by molar-refractivity contribution is 5.94. The van der Waals surface area contributed by atoms with E-state index in [1.165, 1.54) is 12.8 Å². The molecule has 0 atom stereocenters. The normalized spacial score (nSPS) is 14.3. The minimum Gasteiger partial charge on any atom is -0.478 e. The molecule has 1 aromatic heterocycles. The lowest BCUT2D eigenvalue weighted by Crippen LogP contribution is -2.09. The first-order chi connectivity index (χ1) is 9.25. The number of nitrogens with one attached hydrogen (secondary N) is 1. The van der Waals surface area contributed by atoms with Gasteiger partial charge in [-0.05, 0) is 25.0 Å². The number of carboxylic acids is 1. The summed E-state index contributed by atoms with van der Waals surface area (Å²) in [4.78, 5) is 15.3. The van der Waals surface area contributed by atoms with E-state index < -0.39 is 5.97 Å². The van der Waals surface area contributed by atoms with E-state index in [-0.39, 0.29) is 0 Å². The van der Waals surface area contributed by atoms with Crippen molar-refractivity contribution in [1.82, 2.24) is 9.55 Å². The Morgan fingerprint density at radius 2 is 2.21 bits per heavy atom. The van der Waals surface area contributed by atoms with Crippen molar-refractivity contribution in [3.63, 3.8) is 0 Å². The number of para-hydroxylation sites is 1. The zero-order chi connectivity index (χ0) is 13.2. The van der Waals surface area contributed by atoms with Crippen LogP contribution in [0, 0.1) is 0 Å². The second-order valence-electron chi connectivity index (χ2n) is 4.73. The van der Waals surface area contributed by atoms with Gasteiger partial charge in [0.05, 0.1) is 24.1 Å². The molecule has 2 aromatic rings. The zero-order valence-electron chi connectivity index (χ0n) is 10.4. The molecular formula is C14H15N3O2. The first-order valence-electron chi connectivity index (χ1n) is 6.32. The van der Waals surface area contributed by atoms with Gasteiger partial charge in [-0.25, -0.2) is 9.78 Å². The highest BCUT2D eigenvalue weighted by Gasteiger charge is 2.25. The number of anilines is 1. The number of nitrogens with zero attached hydrogens (tertiary/aromatic N) is 2. The fraction of sp³-hybridized carbons (Fsp3) is 0.286. The molecule has 1 aliphatic carbocycles. The number of rotatable bonds is 5. The number of aromatic carboxylic acids is 1. The SMILES string of the molecule is O=C(O)c1ccccc1NCc1cncn1C1CC1. The second kappa shape index (κ2) is 4.76. The third kappa shape index (κ3) is 2.45. The van der Waals surface area contributed by atoms with Crippen LogP contribution in [0.2, 0.25) is 0 Å². The number of aromatic nitrogens is 2. The largest absolute Gasteiger partial charge is 0.478 e. The van der Waals surface area contributed by atoms with Crippen molar-refractivity contribution in [3.8, 4) is 0 Å². The van der Waals surface area contributed by atoms with E-state index in [1.807, 2.05) is 18.6 Å². The summed E-state index contributed by atoms with van der Waals surface area (Å²) in [5, 5.41) is 12.3. The third-order valence-electron chi connectivity index (χ3n) is 3.30. The molecule has 2 N–H and O–H groups in total. The number of hydrogen-bond acceptors (Lipinski definition) is 3. The monoisotopic (exact) mass is 257 g/mol. The summed E-state index contributed by atoms with van der Waals surface area (Å²) in [5.74, 6) is -0.918. The Balaban J connectivity index is 1.75. The first kappa shape index (κ1) is 11.8. The molecule has 0 amide bonds. The van der Waals surface area contributed by atoms with Gasteiger partial charge in [0.2, 0.25) is 0 Å². The van der Waals surface area contributed by atoms with E-state index in [9.17, 15) is 4.79 Å². The maximum absolute atomic E-state index is 11.1. The highest BCUT2D eigenvalue weighted by atomic mass is 16.4. The van der Waals surface area contributed by atoms with Crippen molar-refractivity contribution >= 4 is 11.7 Å². The van der Waals surface area contributed by atoms with Gasteiger partial charge >= 0.3 is 5.97 Å². The predicted molar refractivity (Wildman–Crippen MR) is 71.2 cm³/mol. The van der Waals surface area contributed by atoms with E-state index in [2.05, 4.69) is 14.9 Å². The molecule has 19 heavy (non-hydrogen) atoms. The molecule has 1 aromatic carbocycles. The standard InChI is InChI=1S/C14H15N3O2/c18-14(19)12-3-1-2-4-13(12)16-8-11-7-15-9-17(11)10-5-6-10/h1-4,7,9-10,16H,5-6,8H2,(H,18,19). The summed E-state index contributed by atoms with van der Waals surface area (Å²) >= 11 is 0. The maximum atomic E-state index is 11.1. The Morgan fingerprint density at radius 3 is 2.95 bits per heavy atom. The molecule has 0 spiro atoms. The predicted octanol–water partition coefficient (Wildman–Crippen LogP) is 2.53. The van der Waals surface area contributed by atoms with Crippen molar-refractivity contribution in [3.05, 3.63) is 48.0 Å². The molecule has 1 aliphatic rings. The molecule has 1 heterocycles. The average molecular weight is 257 g/mol. The molecule has 98 valence electrons. The van der Waals surface area contributed by atoms with Crippen LogP contribution in [0.5, 0.6) is 0 Å². The van der Waals surface area contributed by atoms with E-state index in [4.69, 9.17) is 5.11 Å². The van der Waals surface area contributed by atoms with E-state index in [1.54, 1.807) is 18.2 Å². The van der Waals surface area contributed by atoms with Gasteiger partial charge in [-0.3, -0.25) is 0 Å². The molecule has 1 saturated carbocycles. The van der Waals surface area contributed by atoms with Crippen LogP contribution in [-0.4, -0.2) is 20.6 Å². The molecule has 5 nitrogen and oxygen atoms in total. The Kier molecular flexibility index (Phi) is 2.95. The van der Waals surface area contributed by atoms with Crippen LogP contribution in [0.4, 0.5) is 5.69 Å². The van der Waals surface area contributed by atoms with Gasteiger partial charge in [-0.1, -0.05) is 12.1 Å². The fourth-order valence-electron chi connectivity index (χ4n) is 2.16. The minimum atomic E-state index is -0.918. The first-order valence-corrected chi connectivity index (χ1v) is 6.32. The Hall–Kier alpha value is -2.30. The van der Waals surface area contributed by atoms with Crippen molar-refractivity contribution in [2.24, 2.45) is 0 Å².